The highest BCUT2D eigenvalue weighted by Crippen LogP contribution is 2.28. The van der Waals surface area contributed by atoms with Crippen molar-refractivity contribution in [1.82, 2.24) is 9.55 Å². The molecule has 0 amide bonds. The van der Waals surface area contributed by atoms with E-state index in [4.69, 9.17) is 4.74 Å². The van der Waals surface area contributed by atoms with E-state index in [1.807, 2.05) is 35.8 Å². The molecule has 0 aliphatic carbocycles. The van der Waals surface area contributed by atoms with Crippen molar-refractivity contribution in [2.75, 3.05) is 13.7 Å². The summed E-state index contributed by atoms with van der Waals surface area (Å²) in [4.78, 5) is 28.4. The summed E-state index contributed by atoms with van der Waals surface area (Å²) in [6.07, 6.45) is 1.37. The fraction of sp³-hybridized carbons (Fsp3) is 0.211. The maximum absolute atomic E-state index is 13.1. The summed E-state index contributed by atoms with van der Waals surface area (Å²) in [5.41, 5.74) is 2.06. The van der Waals surface area contributed by atoms with Crippen LogP contribution in [0.3, 0.4) is 0 Å². The van der Waals surface area contributed by atoms with Crippen molar-refractivity contribution in [2.24, 2.45) is 0 Å². The van der Waals surface area contributed by atoms with E-state index in [0.29, 0.717) is 18.7 Å². The Hall–Kier alpha value is -2.99. The molecule has 0 aliphatic heterocycles. The van der Waals surface area contributed by atoms with Gasteiger partial charge in [-0.15, -0.1) is 0 Å². The Morgan fingerprint density at radius 2 is 1.96 bits per heavy atom. The van der Waals surface area contributed by atoms with Gasteiger partial charge in [0.2, 0.25) is 0 Å². The summed E-state index contributed by atoms with van der Waals surface area (Å²) < 4.78 is 7.18. The van der Waals surface area contributed by atoms with Gasteiger partial charge in [-0.05, 0) is 25.1 Å². The van der Waals surface area contributed by atoms with Crippen LogP contribution in [0.2, 0.25) is 0 Å². The van der Waals surface area contributed by atoms with E-state index in [2.05, 4.69) is 4.98 Å². The number of carbonyl (C=O) groups is 2. The molecule has 2 aromatic heterocycles. The quantitative estimate of drug-likeness (QED) is 0.699. The standard InChI is InChI=1S/C19H18N2O4/c1-12-16(18(22)14-7-5-9-20-17(14)19(23)24)13-6-3-4-8-15(13)21(12)10-11-25-2/h3-9H,10-11H2,1-2H3,(H,23,24). The molecule has 0 atom stereocenters. The van der Waals surface area contributed by atoms with Crippen molar-refractivity contribution in [1.29, 1.82) is 0 Å². The normalized spacial score (nSPS) is 11.0. The third-order valence-corrected chi connectivity index (χ3v) is 4.23. The number of benzene rings is 1. The second-order valence-corrected chi connectivity index (χ2v) is 5.66. The number of ether oxygens (including phenoxy) is 1. The number of carboxylic acid groups (broad SMARTS) is 1. The molecule has 1 N–H and O–H groups in total. The van der Waals surface area contributed by atoms with Gasteiger partial charge in [0, 0.05) is 36.4 Å². The summed E-state index contributed by atoms with van der Waals surface area (Å²) in [6.45, 7) is 2.98. The molecular formula is C19H18N2O4. The second-order valence-electron chi connectivity index (χ2n) is 5.66. The number of aromatic carboxylic acids is 1. The van der Waals surface area contributed by atoms with E-state index in [0.717, 1.165) is 16.6 Å². The zero-order valence-corrected chi connectivity index (χ0v) is 14.0. The molecule has 3 aromatic rings. The molecule has 0 saturated heterocycles. The lowest BCUT2D eigenvalue weighted by atomic mass is 9.99. The molecule has 1 aromatic carbocycles. The number of rotatable bonds is 6. The van der Waals surface area contributed by atoms with Gasteiger partial charge in [0.1, 0.15) is 0 Å². The summed E-state index contributed by atoms with van der Waals surface area (Å²) >= 11 is 0. The Kier molecular flexibility index (Phi) is 4.63. The Labute approximate surface area is 144 Å². The first-order valence-corrected chi connectivity index (χ1v) is 7.86. The lowest BCUT2D eigenvalue weighted by Gasteiger charge is -2.08. The number of para-hydroxylation sites is 1. The number of pyridine rings is 1. The number of nitrogens with zero attached hydrogens (tertiary/aromatic N) is 2. The number of fused-ring (bicyclic) bond motifs is 1. The number of hydrogen-bond donors (Lipinski definition) is 1. The maximum Gasteiger partial charge on any atom is 0.355 e. The van der Waals surface area contributed by atoms with Crippen molar-refractivity contribution in [3.63, 3.8) is 0 Å². The van der Waals surface area contributed by atoms with E-state index in [-0.39, 0.29) is 17.0 Å². The highest BCUT2D eigenvalue weighted by atomic mass is 16.5. The highest BCUT2D eigenvalue weighted by Gasteiger charge is 2.25. The van der Waals surface area contributed by atoms with Crippen molar-refractivity contribution in [2.45, 2.75) is 13.5 Å². The number of carboxylic acids is 1. The van der Waals surface area contributed by atoms with Crippen LogP contribution in [0, 0.1) is 6.92 Å². The zero-order chi connectivity index (χ0) is 18.0. The number of ketones is 1. The van der Waals surface area contributed by atoms with Crippen LogP contribution in [0.4, 0.5) is 0 Å². The molecule has 6 nitrogen and oxygen atoms in total. The van der Waals surface area contributed by atoms with Crippen LogP contribution in [0.15, 0.2) is 42.6 Å². The number of methoxy groups -OCH3 is 1. The predicted octanol–water partition coefficient (Wildman–Crippen LogP) is 2.92. The molecule has 128 valence electrons. The van der Waals surface area contributed by atoms with E-state index in [1.165, 1.54) is 12.3 Å². The molecular weight excluding hydrogens is 320 g/mol. The van der Waals surface area contributed by atoms with E-state index < -0.39 is 5.97 Å². The predicted molar refractivity (Wildman–Crippen MR) is 93.2 cm³/mol. The van der Waals surface area contributed by atoms with Crippen molar-refractivity contribution < 1.29 is 19.4 Å². The van der Waals surface area contributed by atoms with Crippen LogP contribution in [-0.2, 0) is 11.3 Å². The van der Waals surface area contributed by atoms with Crippen LogP contribution in [-0.4, -0.2) is 40.1 Å². The van der Waals surface area contributed by atoms with Gasteiger partial charge in [-0.2, -0.15) is 0 Å². The van der Waals surface area contributed by atoms with Crippen molar-refractivity contribution in [3.05, 3.63) is 65.1 Å². The van der Waals surface area contributed by atoms with Gasteiger partial charge in [-0.3, -0.25) is 4.79 Å². The number of hydrogen-bond acceptors (Lipinski definition) is 4. The van der Waals surface area contributed by atoms with E-state index >= 15 is 0 Å². The summed E-state index contributed by atoms with van der Waals surface area (Å²) in [6, 6.07) is 10.6. The molecule has 0 bridgehead atoms. The van der Waals surface area contributed by atoms with Gasteiger partial charge in [0.25, 0.3) is 0 Å². The molecule has 0 saturated carbocycles. The van der Waals surface area contributed by atoms with Gasteiger partial charge in [0.05, 0.1) is 17.7 Å². The fourth-order valence-electron chi connectivity index (χ4n) is 3.08. The molecule has 3 rings (SSSR count). The lowest BCUT2D eigenvalue weighted by Crippen LogP contribution is -2.13. The first-order chi connectivity index (χ1) is 12.1. The minimum absolute atomic E-state index is 0.0905. The first-order valence-electron chi connectivity index (χ1n) is 7.86. The van der Waals surface area contributed by atoms with Gasteiger partial charge in [-0.25, -0.2) is 9.78 Å². The third-order valence-electron chi connectivity index (χ3n) is 4.23. The van der Waals surface area contributed by atoms with Gasteiger partial charge in [0.15, 0.2) is 11.5 Å². The Morgan fingerprint density at radius 1 is 1.20 bits per heavy atom. The molecule has 2 heterocycles. The Bertz CT molecular complexity index is 959. The smallest absolute Gasteiger partial charge is 0.355 e. The van der Waals surface area contributed by atoms with Gasteiger partial charge < -0.3 is 14.4 Å². The van der Waals surface area contributed by atoms with E-state index in [9.17, 15) is 14.7 Å². The average molecular weight is 338 g/mol. The van der Waals surface area contributed by atoms with Crippen molar-refractivity contribution in [3.8, 4) is 0 Å². The Balaban J connectivity index is 2.21. The van der Waals surface area contributed by atoms with Crippen LogP contribution >= 0.6 is 0 Å². The average Bonchev–Trinajstić information content (AvgIpc) is 2.90. The number of aromatic nitrogens is 2. The highest BCUT2D eigenvalue weighted by molar-refractivity contribution is 6.20. The monoisotopic (exact) mass is 338 g/mol. The summed E-state index contributed by atoms with van der Waals surface area (Å²) in [5, 5.41) is 10.1. The Morgan fingerprint density at radius 3 is 2.68 bits per heavy atom. The summed E-state index contributed by atoms with van der Waals surface area (Å²) in [5.74, 6) is -1.56. The van der Waals surface area contributed by atoms with Crippen molar-refractivity contribution >= 4 is 22.7 Å². The molecule has 0 aliphatic rings. The second kappa shape index (κ2) is 6.86. The molecule has 0 radical (unpaired) electrons. The minimum atomic E-state index is -1.22. The van der Waals surface area contributed by atoms with Crippen LogP contribution in [0.1, 0.15) is 32.1 Å². The minimum Gasteiger partial charge on any atom is -0.476 e. The molecule has 0 spiro atoms. The fourth-order valence-corrected chi connectivity index (χ4v) is 3.08. The SMILES string of the molecule is COCCn1c(C)c(C(=O)c2cccnc2C(=O)O)c2ccccc21. The molecule has 25 heavy (non-hydrogen) atoms. The maximum atomic E-state index is 13.1. The topological polar surface area (TPSA) is 81.4 Å². The largest absolute Gasteiger partial charge is 0.476 e. The van der Waals surface area contributed by atoms with Crippen LogP contribution in [0.5, 0.6) is 0 Å². The molecule has 0 fully saturated rings. The molecule has 0 unspecified atom stereocenters. The van der Waals surface area contributed by atoms with Gasteiger partial charge in [-0.1, -0.05) is 18.2 Å². The number of carbonyl (C=O) groups excluding carboxylic acids is 1. The zero-order valence-electron chi connectivity index (χ0n) is 14.0. The van der Waals surface area contributed by atoms with Gasteiger partial charge >= 0.3 is 5.97 Å². The van der Waals surface area contributed by atoms with Crippen LogP contribution in [0.25, 0.3) is 10.9 Å². The summed E-state index contributed by atoms with van der Waals surface area (Å²) in [7, 11) is 1.63. The van der Waals surface area contributed by atoms with Crippen LogP contribution < -0.4 is 0 Å². The molecule has 6 heteroatoms. The lowest BCUT2D eigenvalue weighted by molar-refractivity contribution is 0.0686. The third kappa shape index (κ3) is 2.92. The van der Waals surface area contributed by atoms with E-state index in [1.54, 1.807) is 13.2 Å². The first kappa shape index (κ1) is 16.9.